The lowest BCUT2D eigenvalue weighted by molar-refractivity contribution is -0.0379. The molecular weight excluding hydrogens is 384 g/mol. The molecule has 3 aromatic rings. The van der Waals surface area contributed by atoms with Crippen LogP contribution in [0.5, 0.6) is 0 Å². The third-order valence-electron chi connectivity index (χ3n) is 4.87. The van der Waals surface area contributed by atoms with Crippen molar-refractivity contribution in [3.05, 3.63) is 60.6 Å². The molecule has 4 rings (SSSR count). The van der Waals surface area contributed by atoms with Gasteiger partial charge in [-0.15, -0.1) is 11.3 Å². The van der Waals surface area contributed by atoms with E-state index in [1.165, 1.54) is 15.9 Å². The normalized spacial score (nSPS) is 15.9. The van der Waals surface area contributed by atoms with Gasteiger partial charge in [-0.05, 0) is 44.0 Å². The van der Waals surface area contributed by atoms with Crippen molar-refractivity contribution in [2.24, 2.45) is 0 Å². The lowest BCUT2D eigenvalue weighted by atomic mass is 9.94. The van der Waals surface area contributed by atoms with Gasteiger partial charge < -0.3 is 4.74 Å². The Morgan fingerprint density at radius 1 is 1.30 bits per heavy atom. The van der Waals surface area contributed by atoms with Gasteiger partial charge in [0.25, 0.3) is 5.56 Å². The zero-order valence-electron chi connectivity index (χ0n) is 15.5. The fourth-order valence-corrected chi connectivity index (χ4v) is 5.04. The van der Waals surface area contributed by atoms with Gasteiger partial charge in [0.2, 0.25) is 0 Å². The Kier molecular flexibility index (Phi) is 4.53. The average Bonchev–Trinajstić information content (AvgIpc) is 2.96. The smallest absolute Gasteiger partial charge is 0.336 e. The van der Waals surface area contributed by atoms with Crippen molar-refractivity contribution in [1.82, 2.24) is 9.13 Å². The summed E-state index contributed by atoms with van der Waals surface area (Å²) in [5.41, 5.74) is 0.572. The highest BCUT2D eigenvalue weighted by Gasteiger charge is 2.32. The van der Waals surface area contributed by atoms with Crippen LogP contribution in [0.3, 0.4) is 0 Å². The maximum absolute atomic E-state index is 13.4. The first-order valence-corrected chi connectivity index (χ1v) is 10.2. The van der Waals surface area contributed by atoms with Crippen molar-refractivity contribution in [1.29, 1.82) is 0 Å². The van der Waals surface area contributed by atoms with Crippen molar-refractivity contribution >= 4 is 33.2 Å². The topological polar surface area (TPSA) is 53.2 Å². The molecule has 0 amide bonds. The molecule has 0 aliphatic carbocycles. The Labute approximate surface area is 165 Å². The van der Waals surface area contributed by atoms with E-state index in [-0.39, 0.29) is 16.9 Å². The molecule has 142 valence electrons. The van der Waals surface area contributed by atoms with E-state index in [4.69, 9.17) is 16.3 Å². The molecule has 0 saturated heterocycles. The van der Waals surface area contributed by atoms with Crippen LogP contribution in [0.25, 0.3) is 15.9 Å². The number of nitrogens with zero attached hydrogens (tertiary/aromatic N) is 2. The molecule has 7 heteroatoms. The summed E-state index contributed by atoms with van der Waals surface area (Å²) in [5.74, 6) is 0. The second-order valence-corrected chi connectivity index (χ2v) is 8.98. The van der Waals surface area contributed by atoms with E-state index in [0.717, 1.165) is 21.7 Å². The highest BCUT2D eigenvalue weighted by molar-refractivity contribution is 7.18. The lowest BCUT2D eigenvalue weighted by Gasteiger charge is -2.29. The zero-order valence-corrected chi connectivity index (χ0v) is 17.1. The Hall–Kier alpha value is -1.89. The van der Waals surface area contributed by atoms with Gasteiger partial charge in [-0.25, -0.2) is 9.36 Å². The second-order valence-electron chi connectivity index (χ2n) is 7.46. The summed E-state index contributed by atoms with van der Waals surface area (Å²) in [6, 6.07) is 6.87. The van der Waals surface area contributed by atoms with Crippen LogP contribution in [0.4, 0.5) is 0 Å². The Balaban J connectivity index is 2.11. The summed E-state index contributed by atoms with van der Waals surface area (Å²) in [4.78, 5) is 28.4. The number of thiophene rings is 1. The van der Waals surface area contributed by atoms with Gasteiger partial charge in [-0.3, -0.25) is 9.36 Å². The molecular formula is C20H21ClN2O3S. The average molecular weight is 405 g/mol. The number of hydrogen-bond acceptors (Lipinski definition) is 4. The van der Waals surface area contributed by atoms with Gasteiger partial charge in [0.1, 0.15) is 4.83 Å². The number of aromatic nitrogens is 2. The van der Waals surface area contributed by atoms with Gasteiger partial charge >= 0.3 is 5.69 Å². The summed E-state index contributed by atoms with van der Waals surface area (Å²) >= 11 is 7.61. The van der Waals surface area contributed by atoms with Crippen molar-refractivity contribution in [3.63, 3.8) is 0 Å². The molecule has 0 fully saturated rings. The number of hydrogen-bond donors (Lipinski definition) is 0. The van der Waals surface area contributed by atoms with Crippen LogP contribution in [-0.4, -0.2) is 14.7 Å². The standard InChI is InChI=1S/C20H21ClN2O3S/c1-4-8-22-18-16(14-10-20(2,3)26-11-15(14)27-18)17(24)23(19(22)25)13-7-5-6-12(21)9-13/h5-7,9H,4,8,10-11H2,1-3H3. The van der Waals surface area contributed by atoms with Crippen LogP contribution in [0, 0.1) is 0 Å². The molecule has 27 heavy (non-hydrogen) atoms. The number of aryl methyl sites for hydroxylation is 1. The summed E-state index contributed by atoms with van der Waals surface area (Å²) < 4.78 is 8.88. The Bertz CT molecular complexity index is 1160. The molecule has 5 nitrogen and oxygen atoms in total. The van der Waals surface area contributed by atoms with Crippen LogP contribution in [0.2, 0.25) is 5.02 Å². The Morgan fingerprint density at radius 3 is 2.78 bits per heavy atom. The van der Waals surface area contributed by atoms with Crippen LogP contribution in [-0.2, 0) is 24.3 Å². The molecule has 3 heterocycles. The van der Waals surface area contributed by atoms with Crippen molar-refractivity contribution in [3.8, 4) is 5.69 Å². The quantitative estimate of drug-likeness (QED) is 0.659. The molecule has 0 radical (unpaired) electrons. The third kappa shape index (κ3) is 3.06. The molecule has 1 aliphatic rings. The largest absolute Gasteiger partial charge is 0.370 e. The molecule has 0 atom stereocenters. The van der Waals surface area contributed by atoms with Gasteiger partial charge in [0.15, 0.2) is 0 Å². The van der Waals surface area contributed by atoms with Crippen molar-refractivity contribution < 1.29 is 4.74 Å². The predicted molar refractivity (Wildman–Crippen MR) is 110 cm³/mol. The maximum Gasteiger partial charge on any atom is 0.336 e. The molecule has 0 unspecified atom stereocenters. The van der Waals surface area contributed by atoms with E-state index in [0.29, 0.717) is 35.7 Å². The molecule has 2 aromatic heterocycles. The number of benzene rings is 1. The number of rotatable bonds is 3. The van der Waals surface area contributed by atoms with Crippen LogP contribution in [0.1, 0.15) is 37.6 Å². The molecule has 1 aromatic carbocycles. The minimum Gasteiger partial charge on any atom is -0.370 e. The maximum atomic E-state index is 13.4. The highest BCUT2D eigenvalue weighted by atomic mass is 35.5. The van der Waals surface area contributed by atoms with Crippen LogP contribution in [0.15, 0.2) is 33.9 Å². The fourth-order valence-electron chi connectivity index (χ4n) is 3.62. The van der Waals surface area contributed by atoms with Crippen LogP contribution < -0.4 is 11.2 Å². The van der Waals surface area contributed by atoms with E-state index in [1.54, 1.807) is 28.8 Å². The highest BCUT2D eigenvalue weighted by Crippen LogP contribution is 2.37. The van der Waals surface area contributed by atoms with E-state index in [9.17, 15) is 9.59 Å². The zero-order chi connectivity index (χ0) is 19.3. The first-order chi connectivity index (χ1) is 12.8. The summed E-state index contributed by atoms with van der Waals surface area (Å²) in [7, 11) is 0. The lowest BCUT2D eigenvalue weighted by Crippen LogP contribution is -2.39. The van der Waals surface area contributed by atoms with Crippen LogP contribution >= 0.6 is 22.9 Å². The van der Waals surface area contributed by atoms with Gasteiger partial charge in [-0.1, -0.05) is 24.6 Å². The SMILES string of the molecule is CCCn1c(=O)n(-c2cccc(Cl)c2)c(=O)c2c3c(sc21)COC(C)(C)C3. The van der Waals surface area contributed by atoms with E-state index >= 15 is 0 Å². The molecule has 0 saturated carbocycles. The number of fused-ring (bicyclic) bond motifs is 3. The monoisotopic (exact) mass is 404 g/mol. The number of ether oxygens (including phenoxy) is 1. The fraction of sp³-hybridized carbons (Fsp3) is 0.400. The first-order valence-electron chi connectivity index (χ1n) is 9.02. The van der Waals surface area contributed by atoms with Gasteiger partial charge in [0, 0.05) is 22.9 Å². The van der Waals surface area contributed by atoms with E-state index < -0.39 is 0 Å². The molecule has 0 N–H and O–H groups in total. The van der Waals surface area contributed by atoms with Crippen molar-refractivity contribution in [2.45, 2.75) is 52.4 Å². The summed E-state index contributed by atoms with van der Waals surface area (Å²) in [5, 5.41) is 1.13. The Morgan fingerprint density at radius 2 is 2.07 bits per heavy atom. The first kappa shape index (κ1) is 18.5. The van der Waals surface area contributed by atoms with Crippen molar-refractivity contribution in [2.75, 3.05) is 0 Å². The molecule has 0 bridgehead atoms. The summed E-state index contributed by atoms with van der Waals surface area (Å²) in [6.45, 7) is 7.10. The predicted octanol–water partition coefficient (Wildman–Crippen LogP) is 4.13. The second kappa shape index (κ2) is 6.62. The third-order valence-corrected chi connectivity index (χ3v) is 6.33. The summed E-state index contributed by atoms with van der Waals surface area (Å²) in [6.07, 6.45) is 1.45. The number of halogens is 1. The molecule has 0 spiro atoms. The minimum atomic E-state index is -0.333. The molecule has 1 aliphatic heterocycles. The van der Waals surface area contributed by atoms with E-state index in [1.807, 2.05) is 20.8 Å². The van der Waals surface area contributed by atoms with Gasteiger partial charge in [-0.2, -0.15) is 0 Å². The van der Waals surface area contributed by atoms with E-state index in [2.05, 4.69) is 0 Å². The van der Waals surface area contributed by atoms with Gasteiger partial charge in [0.05, 0.1) is 23.3 Å². The minimum absolute atomic E-state index is 0.278.